The van der Waals surface area contributed by atoms with Gasteiger partial charge in [-0.15, -0.1) is 11.3 Å². The van der Waals surface area contributed by atoms with Gasteiger partial charge in [-0.3, -0.25) is 4.79 Å². The number of hydrogen-bond donors (Lipinski definition) is 2. The van der Waals surface area contributed by atoms with Crippen LogP contribution in [0.2, 0.25) is 0 Å². The molecule has 0 bridgehead atoms. The number of aliphatic hydroxyl groups excluding tert-OH is 1. The van der Waals surface area contributed by atoms with E-state index in [9.17, 15) is 9.90 Å². The molecule has 1 saturated carbocycles. The molecule has 2 rings (SSSR count). The number of amides is 1. The molecule has 1 aliphatic carbocycles. The zero-order valence-electron chi connectivity index (χ0n) is 10.2. The molecule has 2 N–H and O–H groups in total. The van der Waals surface area contributed by atoms with E-state index in [0.29, 0.717) is 6.54 Å². The van der Waals surface area contributed by atoms with Gasteiger partial charge in [-0.25, -0.2) is 0 Å². The molecule has 0 unspecified atom stereocenters. The summed E-state index contributed by atoms with van der Waals surface area (Å²) in [5.74, 6) is -0.0208. The van der Waals surface area contributed by atoms with Gasteiger partial charge in [0.25, 0.3) is 5.91 Å². The highest BCUT2D eigenvalue weighted by atomic mass is 127. The van der Waals surface area contributed by atoms with Crippen LogP contribution in [-0.2, 0) is 0 Å². The molecule has 1 aliphatic rings. The van der Waals surface area contributed by atoms with Crippen LogP contribution in [0, 0.1) is 8.30 Å². The number of thiophene rings is 1. The van der Waals surface area contributed by atoms with E-state index in [1.165, 1.54) is 6.42 Å². The van der Waals surface area contributed by atoms with Gasteiger partial charge in [-0.05, 0) is 41.5 Å². The number of hydrogen-bond acceptors (Lipinski definition) is 3. The van der Waals surface area contributed by atoms with Crippen LogP contribution in [-0.4, -0.2) is 24.2 Å². The molecule has 1 heterocycles. The van der Waals surface area contributed by atoms with E-state index in [4.69, 9.17) is 0 Å². The number of carbonyl (C=O) groups excluding carboxylic acids is 1. The Morgan fingerprint density at radius 1 is 1.44 bits per heavy atom. The summed E-state index contributed by atoms with van der Waals surface area (Å²) in [6.45, 7) is 0.767. The molecular weight excluding hydrogens is 361 g/mol. The lowest BCUT2D eigenvalue weighted by Gasteiger charge is -2.35. The lowest BCUT2D eigenvalue weighted by molar-refractivity contribution is 0.0718. The van der Waals surface area contributed by atoms with Crippen molar-refractivity contribution < 1.29 is 9.90 Å². The predicted octanol–water partition coefficient (Wildman–Crippen LogP) is 3.03. The molecule has 100 valence electrons. The van der Waals surface area contributed by atoms with Crippen LogP contribution in [0.25, 0.3) is 0 Å². The van der Waals surface area contributed by atoms with Crippen molar-refractivity contribution in [2.75, 3.05) is 13.2 Å². The SMILES string of the molecule is O=C(NCC1(CO)CCCCC1)c1csc(I)c1. The summed E-state index contributed by atoms with van der Waals surface area (Å²) in [4.78, 5) is 12.0. The molecule has 1 amide bonds. The first-order valence-corrected chi connectivity index (χ1v) is 8.24. The van der Waals surface area contributed by atoms with Crippen LogP contribution in [0.5, 0.6) is 0 Å². The Labute approximate surface area is 125 Å². The number of aliphatic hydroxyl groups is 1. The van der Waals surface area contributed by atoms with Gasteiger partial charge in [0.15, 0.2) is 0 Å². The minimum Gasteiger partial charge on any atom is -0.396 e. The summed E-state index contributed by atoms with van der Waals surface area (Å²) in [5, 5.41) is 14.4. The molecule has 1 aromatic rings. The van der Waals surface area contributed by atoms with Crippen molar-refractivity contribution in [3.63, 3.8) is 0 Å². The van der Waals surface area contributed by atoms with Crippen molar-refractivity contribution in [3.05, 3.63) is 19.9 Å². The van der Waals surface area contributed by atoms with Crippen molar-refractivity contribution in [1.82, 2.24) is 5.32 Å². The average Bonchev–Trinajstić information content (AvgIpc) is 2.84. The Bertz CT molecular complexity index is 413. The lowest BCUT2D eigenvalue weighted by atomic mass is 9.74. The van der Waals surface area contributed by atoms with Crippen molar-refractivity contribution in [2.45, 2.75) is 32.1 Å². The topological polar surface area (TPSA) is 49.3 Å². The Hall–Kier alpha value is -0.140. The van der Waals surface area contributed by atoms with Crippen molar-refractivity contribution in [1.29, 1.82) is 0 Å². The van der Waals surface area contributed by atoms with E-state index in [2.05, 4.69) is 27.9 Å². The normalized spacial score (nSPS) is 18.6. The summed E-state index contributed by atoms with van der Waals surface area (Å²) in [7, 11) is 0. The Kier molecular flexibility index (Phi) is 5.03. The van der Waals surface area contributed by atoms with Crippen molar-refractivity contribution in [3.8, 4) is 0 Å². The predicted molar refractivity (Wildman–Crippen MR) is 82.0 cm³/mol. The van der Waals surface area contributed by atoms with Gasteiger partial charge >= 0.3 is 0 Å². The van der Waals surface area contributed by atoms with Gasteiger partial charge in [0.2, 0.25) is 0 Å². The maximum absolute atomic E-state index is 12.0. The van der Waals surface area contributed by atoms with Gasteiger partial charge in [-0.2, -0.15) is 0 Å². The Morgan fingerprint density at radius 2 is 2.17 bits per heavy atom. The summed E-state index contributed by atoms with van der Waals surface area (Å²) < 4.78 is 1.12. The standard InChI is InChI=1S/C13H18INO2S/c14-11-6-10(7-18-11)12(17)15-8-13(9-16)4-2-1-3-5-13/h6-7,16H,1-5,8-9H2,(H,15,17). The van der Waals surface area contributed by atoms with Crippen LogP contribution in [0.1, 0.15) is 42.5 Å². The quantitative estimate of drug-likeness (QED) is 0.791. The second kappa shape index (κ2) is 6.34. The van der Waals surface area contributed by atoms with E-state index in [1.54, 1.807) is 11.3 Å². The summed E-state index contributed by atoms with van der Waals surface area (Å²) >= 11 is 3.79. The molecule has 0 saturated heterocycles. The minimum absolute atomic E-state index is 0.0208. The van der Waals surface area contributed by atoms with Crippen molar-refractivity contribution >= 4 is 39.8 Å². The molecule has 1 aromatic heterocycles. The highest BCUT2D eigenvalue weighted by molar-refractivity contribution is 14.1. The minimum atomic E-state index is -0.0862. The second-order valence-electron chi connectivity index (χ2n) is 5.04. The highest BCUT2D eigenvalue weighted by Crippen LogP contribution is 2.35. The van der Waals surface area contributed by atoms with E-state index >= 15 is 0 Å². The highest BCUT2D eigenvalue weighted by Gasteiger charge is 2.31. The molecule has 0 atom stereocenters. The Morgan fingerprint density at radius 3 is 2.72 bits per heavy atom. The first-order valence-electron chi connectivity index (χ1n) is 6.28. The first-order chi connectivity index (χ1) is 8.65. The fourth-order valence-electron chi connectivity index (χ4n) is 2.49. The maximum atomic E-state index is 12.0. The van der Waals surface area contributed by atoms with Gasteiger partial charge in [0, 0.05) is 17.3 Å². The smallest absolute Gasteiger partial charge is 0.252 e. The van der Waals surface area contributed by atoms with E-state index < -0.39 is 0 Å². The monoisotopic (exact) mass is 379 g/mol. The van der Waals surface area contributed by atoms with Gasteiger partial charge < -0.3 is 10.4 Å². The molecule has 1 fully saturated rings. The maximum Gasteiger partial charge on any atom is 0.252 e. The van der Waals surface area contributed by atoms with E-state index in [1.807, 2.05) is 11.4 Å². The average molecular weight is 379 g/mol. The molecule has 3 nitrogen and oxygen atoms in total. The third-order valence-corrected chi connectivity index (χ3v) is 5.49. The molecule has 0 spiro atoms. The second-order valence-corrected chi connectivity index (χ2v) is 7.85. The largest absolute Gasteiger partial charge is 0.396 e. The number of nitrogens with one attached hydrogen (secondary N) is 1. The summed E-state index contributed by atoms with van der Waals surface area (Å²) in [6, 6.07) is 1.90. The number of carbonyl (C=O) groups is 1. The molecule has 0 radical (unpaired) electrons. The fraction of sp³-hybridized carbons (Fsp3) is 0.615. The fourth-order valence-corrected chi connectivity index (χ4v) is 3.82. The third kappa shape index (κ3) is 3.45. The molecular formula is C13H18INO2S. The van der Waals surface area contributed by atoms with E-state index in [-0.39, 0.29) is 17.9 Å². The molecule has 0 aliphatic heterocycles. The molecule has 0 aromatic carbocycles. The van der Waals surface area contributed by atoms with Gasteiger partial charge in [0.05, 0.1) is 15.1 Å². The summed E-state index contributed by atoms with van der Waals surface area (Å²) in [5.41, 5.74) is 0.644. The molecule has 18 heavy (non-hydrogen) atoms. The third-order valence-electron chi connectivity index (χ3n) is 3.70. The molecule has 5 heteroatoms. The zero-order valence-corrected chi connectivity index (χ0v) is 13.2. The first kappa shape index (κ1) is 14.3. The van der Waals surface area contributed by atoms with Crippen LogP contribution in [0.15, 0.2) is 11.4 Å². The Balaban J connectivity index is 1.91. The van der Waals surface area contributed by atoms with Crippen molar-refractivity contribution in [2.24, 2.45) is 5.41 Å². The lowest BCUT2D eigenvalue weighted by Crippen LogP contribution is -2.41. The van der Waals surface area contributed by atoms with Crippen LogP contribution in [0.4, 0.5) is 0 Å². The zero-order chi connectivity index (χ0) is 13.0. The van der Waals surface area contributed by atoms with E-state index in [0.717, 1.165) is 34.1 Å². The van der Waals surface area contributed by atoms with Crippen LogP contribution >= 0.6 is 33.9 Å². The number of halogens is 1. The summed E-state index contributed by atoms with van der Waals surface area (Å²) in [6.07, 6.45) is 5.61. The van der Waals surface area contributed by atoms with Gasteiger partial charge in [-0.1, -0.05) is 19.3 Å². The van der Waals surface area contributed by atoms with Crippen LogP contribution in [0.3, 0.4) is 0 Å². The number of rotatable bonds is 4. The van der Waals surface area contributed by atoms with Gasteiger partial charge in [0.1, 0.15) is 0 Å². The van der Waals surface area contributed by atoms with Crippen LogP contribution < -0.4 is 5.32 Å².